The van der Waals surface area contributed by atoms with Crippen LogP contribution in [0.2, 0.25) is 0 Å². The van der Waals surface area contributed by atoms with Crippen molar-refractivity contribution in [1.29, 1.82) is 0 Å². The Morgan fingerprint density at radius 1 is 0.640 bits per heavy atom. The number of benzene rings is 3. The van der Waals surface area contributed by atoms with Crippen molar-refractivity contribution < 1.29 is 22.3 Å². The summed E-state index contributed by atoms with van der Waals surface area (Å²) < 4.78 is 54.1. The van der Waals surface area contributed by atoms with E-state index in [1.165, 1.54) is 24.3 Å². The molecule has 0 amide bonds. The van der Waals surface area contributed by atoms with E-state index >= 15 is 0 Å². The van der Waals surface area contributed by atoms with Gasteiger partial charge in [-0.2, -0.15) is 0 Å². The lowest BCUT2D eigenvalue weighted by Gasteiger charge is -2.10. The molecule has 25 heavy (non-hydrogen) atoms. The van der Waals surface area contributed by atoms with Gasteiger partial charge in [0.15, 0.2) is 14.7 Å². The standard InChI is InChI=1S/C19H13F4OS/c20-14-6-10-17(11-7-14)25(16-4-2-1-3-5-16)18-12-8-15(9-13-18)24-19(21,22)23/h1-13H/q+1. The molecule has 0 aromatic heterocycles. The van der Waals surface area contributed by atoms with Gasteiger partial charge in [0.25, 0.3) is 0 Å². The highest BCUT2D eigenvalue weighted by Crippen LogP contribution is 2.33. The topological polar surface area (TPSA) is 9.23 Å². The van der Waals surface area contributed by atoms with E-state index in [4.69, 9.17) is 0 Å². The summed E-state index contributed by atoms with van der Waals surface area (Å²) in [5, 5.41) is 0. The second kappa shape index (κ2) is 7.19. The van der Waals surface area contributed by atoms with Crippen molar-refractivity contribution in [2.75, 3.05) is 0 Å². The molecule has 128 valence electrons. The molecule has 3 aromatic carbocycles. The van der Waals surface area contributed by atoms with Crippen LogP contribution in [0.1, 0.15) is 0 Å². The predicted octanol–water partition coefficient (Wildman–Crippen LogP) is 5.82. The van der Waals surface area contributed by atoms with Crippen molar-refractivity contribution in [3.05, 3.63) is 84.7 Å². The first-order valence-corrected chi connectivity index (χ1v) is 8.55. The second-order valence-corrected chi connectivity index (χ2v) is 7.12. The van der Waals surface area contributed by atoms with Crippen LogP contribution in [0, 0.1) is 5.82 Å². The normalized spacial score (nSPS) is 12.6. The minimum absolute atomic E-state index is 0.271. The number of alkyl halides is 3. The molecule has 0 radical (unpaired) electrons. The van der Waals surface area contributed by atoms with Gasteiger partial charge in [-0.1, -0.05) is 18.2 Å². The molecule has 3 aromatic rings. The SMILES string of the molecule is Fc1ccc([S+](c2ccccc2)c2ccc(OC(F)(F)F)cc2)cc1. The van der Waals surface area contributed by atoms with Gasteiger partial charge in [0, 0.05) is 0 Å². The average molecular weight is 365 g/mol. The first kappa shape index (κ1) is 17.4. The lowest BCUT2D eigenvalue weighted by Crippen LogP contribution is -2.17. The van der Waals surface area contributed by atoms with Crippen LogP contribution in [-0.4, -0.2) is 6.36 Å². The first-order chi connectivity index (χ1) is 11.9. The molecule has 1 unspecified atom stereocenters. The van der Waals surface area contributed by atoms with Crippen molar-refractivity contribution in [2.45, 2.75) is 21.0 Å². The number of hydrogen-bond acceptors (Lipinski definition) is 1. The van der Waals surface area contributed by atoms with Gasteiger partial charge in [-0.05, 0) is 60.7 Å². The van der Waals surface area contributed by atoms with E-state index in [1.807, 2.05) is 30.3 Å². The maximum absolute atomic E-state index is 13.2. The third-order valence-corrected chi connectivity index (χ3v) is 5.55. The fraction of sp³-hybridized carbons (Fsp3) is 0.0526. The van der Waals surface area contributed by atoms with E-state index in [-0.39, 0.29) is 11.6 Å². The van der Waals surface area contributed by atoms with Crippen molar-refractivity contribution in [1.82, 2.24) is 0 Å². The van der Waals surface area contributed by atoms with Crippen LogP contribution in [-0.2, 0) is 10.9 Å². The zero-order valence-electron chi connectivity index (χ0n) is 12.8. The number of ether oxygens (including phenoxy) is 1. The fourth-order valence-electron chi connectivity index (χ4n) is 2.31. The van der Waals surface area contributed by atoms with E-state index in [9.17, 15) is 17.6 Å². The van der Waals surface area contributed by atoms with Crippen LogP contribution in [0.3, 0.4) is 0 Å². The Morgan fingerprint density at radius 3 is 1.64 bits per heavy atom. The minimum Gasteiger partial charge on any atom is -0.406 e. The number of rotatable bonds is 4. The summed E-state index contributed by atoms with van der Waals surface area (Å²) in [5.74, 6) is -0.610. The Balaban J connectivity index is 1.99. The summed E-state index contributed by atoms with van der Waals surface area (Å²) in [7, 11) is -0.558. The third-order valence-electron chi connectivity index (χ3n) is 3.32. The number of halogens is 4. The largest absolute Gasteiger partial charge is 0.573 e. The Morgan fingerprint density at radius 2 is 1.12 bits per heavy atom. The maximum atomic E-state index is 13.2. The molecule has 6 heteroatoms. The van der Waals surface area contributed by atoms with Gasteiger partial charge >= 0.3 is 6.36 Å². The lowest BCUT2D eigenvalue weighted by atomic mass is 10.3. The van der Waals surface area contributed by atoms with Gasteiger partial charge in [-0.3, -0.25) is 0 Å². The summed E-state index contributed by atoms with van der Waals surface area (Å²) in [6.07, 6.45) is -4.72. The molecule has 1 nitrogen and oxygen atoms in total. The monoisotopic (exact) mass is 365 g/mol. The van der Waals surface area contributed by atoms with E-state index in [1.54, 1.807) is 24.3 Å². The highest BCUT2D eigenvalue weighted by atomic mass is 32.2. The van der Waals surface area contributed by atoms with Crippen LogP contribution >= 0.6 is 0 Å². The van der Waals surface area contributed by atoms with Gasteiger partial charge in [-0.25, -0.2) is 4.39 Å². The molecule has 0 saturated heterocycles. The first-order valence-electron chi connectivity index (χ1n) is 7.33. The van der Waals surface area contributed by atoms with E-state index < -0.39 is 17.3 Å². The molecular formula is C19H13F4OS+. The van der Waals surface area contributed by atoms with Gasteiger partial charge in [0.05, 0.1) is 10.9 Å². The molecule has 0 aliphatic rings. The summed E-state index contributed by atoms with van der Waals surface area (Å²) in [6.45, 7) is 0. The molecule has 0 spiro atoms. The molecule has 0 N–H and O–H groups in total. The van der Waals surface area contributed by atoms with Crippen molar-refractivity contribution in [3.8, 4) is 5.75 Å². The Kier molecular flexibility index (Phi) is 4.99. The molecular weight excluding hydrogens is 352 g/mol. The lowest BCUT2D eigenvalue weighted by molar-refractivity contribution is -0.274. The van der Waals surface area contributed by atoms with Crippen LogP contribution in [0.4, 0.5) is 17.6 Å². The minimum atomic E-state index is -4.72. The quantitative estimate of drug-likeness (QED) is 0.418. The second-order valence-electron chi connectivity index (χ2n) is 5.09. The summed E-state index contributed by atoms with van der Waals surface area (Å²) >= 11 is 0. The smallest absolute Gasteiger partial charge is 0.406 e. The van der Waals surface area contributed by atoms with Gasteiger partial charge in [0.2, 0.25) is 0 Å². The zero-order chi connectivity index (χ0) is 17.9. The van der Waals surface area contributed by atoms with Crippen molar-refractivity contribution in [3.63, 3.8) is 0 Å². The molecule has 0 fully saturated rings. The van der Waals surface area contributed by atoms with E-state index in [2.05, 4.69) is 4.74 Å². The summed E-state index contributed by atoms with van der Waals surface area (Å²) in [5.41, 5.74) is 0. The average Bonchev–Trinajstić information content (AvgIpc) is 2.58. The van der Waals surface area contributed by atoms with Crippen LogP contribution < -0.4 is 4.74 Å². The van der Waals surface area contributed by atoms with Gasteiger partial charge in [0.1, 0.15) is 11.6 Å². The van der Waals surface area contributed by atoms with Crippen LogP contribution in [0.15, 0.2) is 93.5 Å². The highest BCUT2D eigenvalue weighted by Gasteiger charge is 2.32. The van der Waals surface area contributed by atoms with Crippen molar-refractivity contribution >= 4 is 10.9 Å². The summed E-state index contributed by atoms with van der Waals surface area (Å²) in [4.78, 5) is 2.67. The molecule has 0 bridgehead atoms. The Labute approximate surface area is 145 Å². The maximum Gasteiger partial charge on any atom is 0.573 e. The third kappa shape index (κ3) is 4.54. The molecule has 0 aliphatic carbocycles. The van der Waals surface area contributed by atoms with Gasteiger partial charge in [-0.15, -0.1) is 13.2 Å². The Bertz CT molecular complexity index is 815. The molecule has 0 saturated carbocycles. The summed E-state index contributed by atoms with van der Waals surface area (Å²) in [6, 6.07) is 21.4. The zero-order valence-corrected chi connectivity index (χ0v) is 13.7. The van der Waals surface area contributed by atoms with Crippen LogP contribution in [0.25, 0.3) is 0 Å². The molecule has 3 rings (SSSR count). The fourth-order valence-corrected chi connectivity index (χ4v) is 4.38. The van der Waals surface area contributed by atoms with E-state index in [0.717, 1.165) is 14.7 Å². The van der Waals surface area contributed by atoms with Crippen LogP contribution in [0.5, 0.6) is 5.75 Å². The molecule has 0 heterocycles. The Hall–Kier alpha value is -2.47. The molecule has 0 aliphatic heterocycles. The number of hydrogen-bond donors (Lipinski definition) is 0. The van der Waals surface area contributed by atoms with Gasteiger partial charge < -0.3 is 4.74 Å². The predicted molar refractivity (Wildman–Crippen MR) is 88.1 cm³/mol. The molecule has 1 atom stereocenters. The van der Waals surface area contributed by atoms with Crippen molar-refractivity contribution in [2.24, 2.45) is 0 Å². The highest BCUT2D eigenvalue weighted by molar-refractivity contribution is 7.97. The van der Waals surface area contributed by atoms with E-state index in [0.29, 0.717) is 0 Å².